The van der Waals surface area contributed by atoms with Gasteiger partial charge in [-0.05, 0) is 36.2 Å². The Morgan fingerprint density at radius 2 is 1.70 bits per heavy atom. The first kappa shape index (κ1) is 17.0. The van der Waals surface area contributed by atoms with E-state index in [1.165, 1.54) is 24.3 Å². The number of rotatable bonds is 6. The Hall–Kier alpha value is -2.38. The second kappa shape index (κ2) is 7.26. The van der Waals surface area contributed by atoms with Crippen LogP contribution in [0.4, 0.5) is 0 Å². The van der Waals surface area contributed by atoms with Crippen LogP contribution in [0, 0.1) is 0 Å². The highest BCUT2D eigenvalue weighted by atomic mass is 32.2. The largest absolute Gasteiger partial charge is 0.497 e. The van der Waals surface area contributed by atoms with Crippen LogP contribution in [-0.2, 0) is 25.5 Å². The van der Waals surface area contributed by atoms with Crippen molar-refractivity contribution in [1.82, 2.24) is 0 Å². The lowest BCUT2D eigenvalue weighted by Crippen LogP contribution is -2.35. The van der Waals surface area contributed by atoms with Crippen LogP contribution in [0.25, 0.3) is 0 Å². The van der Waals surface area contributed by atoms with E-state index in [0.717, 1.165) is 5.56 Å². The molecule has 2 N–H and O–H groups in total. The maximum absolute atomic E-state index is 12.0. The SMILES string of the molecule is COc1ccc(C[C@@H](N)C(=O)OS(=O)(=O)c2ccccc2)cc1. The number of hydrogen-bond donors (Lipinski definition) is 1. The van der Waals surface area contributed by atoms with Crippen molar-refractivity contribution in [3.8, 4) is 5.75 Å². The van der Waals surface area contributed by atoms with Crippen molar-refractivity contribution in [2.24, 2.45) is 5.73 Å². The van der Waals surface area contributed by atoms with Crippen molar-refractivity contribution in [1.29, 1.82) is 0 Å². The summed E-state index contributed by atoms with van der Waals surface area (Å²) in [5.74, 6) is -0.318. The van der Waals surface area contributed by atoms with Crippen LogP contribution in [-0.4, -0.2) is 27.5 Å². The fraction of sp³-hybridized carbons (Fsp3) is 0.188. The van der Waals surface area contributed by atoms with E-state index in [4.69, 9.17) is 10.5 Å². The van der Waals surface area contributed by atoms with Crippen molar-refractivity contribution in [3.63, 3.8) is 0 Å². The van der Waals surface area contributed by atoms with Gasteiger partial charge in [0, 0.05) is 0 Å². The minimum atomic E-state index is -4.16. The number of ether oxygens (including phenoxy) is 1. The predicted octanol–water partition coefficient (Wildman–Crippen LogP) is 1.50. The molecule has 0 saturated carbocycles. The number of nitrogens with two attached hydrogens (primary N) is 1. The zero-order chi connectivity index (χ0) is 16.9. The van der Waals surface area contributed by atoms with Gasteiger partial charge in [0.1, 0.15) is 16.7 Å². The number of benzene rings is 2. The second-order valence-electron chi connectivity index (χ2n) is 4.83. The molecule has 2 rings (SSSR count). The van der Waals surface area contributed by atoms with Gasteiger partial charge in [0.05, 0.1) is 7.11 Å². The lowest BCUT2D eigenvalue weighted by atomic mass is 10.1. The summed E-state index contributed by atoms with van der Waals surface area (Å²) in [7, 11) is -2.61. The van der Waals surface area contributed by atoms with Gasteiger partial charge in [-0.3, -0.25) is 0 Å². The third kappa shape index (κ3) is 4.54. The molecule has 0 amide bonds. The molecular formula is C16H17NO5S. The number of carbonyl (C=O) groups excluding carboxylic acids is 1. The average molecular weight is 335 g/mol. The monoisotopic (exact) mass is 335 g/mol. The molecule has 0 heterocycles. The quantitative estimate of drug-likeness (QED) is 0.804. The molecule has 0 unspecified atom stereocenters. The van der Waals surface area contributed by atoms with Gasteiger partial charge in [-0.1, -0.05) is 30.3 Å². The van der Waals surface area contributed by atoms with Gasteiger partial charge in [-0.25, -0.2) is 4.79 Å². The summed E-state index contributed by atoms with van der Waals surface area (Å²) in [6.45, 7) is 0. The standard InChI is InChI=1S/C16H17NO5S/c1-21-13-9-7-12(8-10-13)11-15(17)16(18)22-23(19,20)14-5-3-2-4-6-14/h2-10,15H,11,17H2,1H3/t15-/m1/s1. The maximum Gasteiger partial charge on any atom is 0.341 e. The van der Waals surface area contributed by atoms with Gasteiger partial charge in [0.2, 0.25) is 0 Å². The molecular weight excluding hydrogens is 318 g/mol. The molecule has 0 saturated heterocycles. The first-order valence-corrected chi connectivity index (χ1v) is 8.25. The Morgan fingerprint density at radius 3 is 2.26 bits per heavy atom. The molecule has 0 fully saturated rings. The van der Waals surface area contributed by atoms with Crippen molar-refractivity contribution in [2.45, 2.75) is 17.4 Å². The summed E-state index contributed by atoms with van der Waals surface area (Å²) >= 11 is 0. The molecule has 0 spiro atoms. The molecule has 0 aromatic heterocycles. The number of carbonyl (C=O) groups is 1. The molecule has 2 aromatic carbocycles. The molecule has 0 bridgehead atoms. The topological polar surface area (TPSA) is 95.7 Å². The van der Waals surface area contributed by atoms with Gasteiger partial charge in [-0.2, -0.15) is 8.42 Å². The Kier molecular flexibility index (Phi) is 5.36. The molecule has 0 aliphatic rings. The fourth-order valence-corrected chi connectivity index (χ4v) is 2.83. The zero-order valence-corrected chi connectivity index (χ0v) is 13.3. The van der Waals surface area contributed by atoms with Crippen LogP contribution < -0.4 is 10.5 Å². The summed E-state index contributed by atoms with van der Waals surface area (Å²) in [5.41, 5.74) is 6.51. The maximum atomic E-state index is 12.0. The third-order valence-electron chi connectivity index (χ3n) is 3.14. The van der Waals surface area contributed by atoms with E-state index in [-0.39, 0.29) is 11.3 Å². The summed E-state index contributed by atoms with van der Waals surface area (Å²) in [5, 5.41) is 0. The molecule has 122 valence electrons. The highest BCUT2D eigenvalue weighted by Gasteiger charge is 2.24. The van der Waals surface area contributed by atoms with E-state index in [1.807, 2.05) is 0 Å². The van der Waals surface area contributed by atoms with E-state index in [2.05, 4.69) is 4.18 Å². The van der Waals surface area contributed by atoms with Gasteiger partial charge < -0.3 is 14.7 Å². The molecule has 0 radical (unpaired) electrons. The predicted molar refractivity (Wildman–Crippen MR) is 84.4 cm³/mol. The van der Waals surface area contributed by atoms with E-state index in [9.17, 15) is 13.2 Å². The second-order valence-corrected chi connectivity index (χ2v) is 6.37. The van der Waals surface area contributed by atoms with Crippen molar-refractivity contribution in [2.75, 3.05) is 7.11 Å². The molecule has 1 atom stereocenters. The molecule has 0 aliphatic heterocycles. The zero-order valence-electron chi connectivity index (χ0n) is 12.5. The highest BCUT2D eigenvalue weighted by Crippen LogP contribution is 2.15. The number of methoxy groups -OCH3 is 1. The summed E-state index contributed by atoms with van der Waals surface area (Å²) in [4.78, 5) is 11.8. The Labute approximate surface area is 135 Å². The lowest BCUT2D eigenvalue weighted by Gasteiger charge is -2.12. The van der Waals surface area contributed by atoms with Crippen LogP contribution in [0.2, 0.25) is 0 Å². The van der Waals surface area contributed by atoms with Crippen LogP contribution in [0.15, 0.2) is 59.5 Å². The molecule has 7 heteroatoms. The lowest BCUT2D eigenvalue weighted by molar-refractivity contribution is -0.135. The van der Waals surface area contributed by atoms with E-state index in [0.29, 0.717) is 5.75 Å². The smallest absolute Gasteiger partial charge is 0.341 e. The van der Waals surface area contributed by atoms with Crippen molar-refractivity contribution >= 4 is 16.1 Å². The van der Waals surface area contributed by atoms with Crippen LogP contribution >= 0.6 is 0 Å². The first-order chi connectivity index (χ1) is 10.9. The molecule has 23 heavy (non-hydrogen) atoms. The molecule has 2 aromatic rings. The van der Waals surface area contributed by atoms with Gasteiger partial charge in [0.15, 0.2) is 0 Å². The summed E-state index contributed by atoms with van der Waals surface area (Å²) < 4.78 is 33.6. The van der Waals surface area contributed by atoms with Crippen LogP contribution in [0.1, 0.15) is 5.56 Å². The Balaban J connectivity index is 2.02. The third-order valence-corrected chi connectivity index (χ3v) is 4.37. The van der Waals surface area contributed by atoms with E-state index < -0.39 is 22.1 Å². The minimum absolute atomic E-state index is 0.0926. The van der Waals surface area contributed by atoms with Crippen molar-refractivity contribution in [3.05, 3.63) is 60.2 Å². The summed E-state index contributed by atoms with van der Waals surface area (Å²) in [6.07, 6.45) is 0.160. The Morgan fingerprint density at radius 1 is 1.09 bits per heavy atom. The number of hydrogen-bond acceptors (Lipinski definition) is 6. The van der Waals surface area contributed by atoms with Gasteiger partial charge in [-0.15, -0.1) is 0 Å². The first-order valence-electron chi connectivity index (χ1n) is 6.84. The minimum Gasteiger partial charge on any atom is -0.497 e. The molecule has 0 aliphatic carbocycles. The normalized spacial score (nSPS) is 12.4. The van der Waals surface area contributed by atoms with E-state index in [1.54, 1.807) is 37.4 Å². The summed E-state index contributed by atoms with van der Waals surface area (Å²) in [6, 6.07) is 13.3. The van der Waals surface area contributed by atoms with Crippen LogP contribution in [0.5, 0.6) is 5.75 Å². The van der Waals surface area contributed by atoms with Crippen LogP contribution in [0.3, 0.4) is 0 Å². The van der Waals surface area contributed by atoms with Gasteiger partial charge in [0.25, 0.3) is 0 Å². The fourth-order valence-electron chi connectivity index (χ4n) is 1.90. The highest BCUT2D eigenvalue weighted by molar-refractivity contribution is 7.87. The Bertz CT molecular complexity index is 757. The average Bonchev–Trinajstić information content (AvgIpc) is 2.56. The van der Waals surface area contributed by atoms with Gasteiger partial charge >= 0.3 is 16.1 Å². The molecule has 6 nitrogen and oxygen atoms in total. The van der Waals surface area contributed by atoms with E-state index >= 15 is 0 Å². The van der Waals surface area contributed by atoms with Crippen molar-refractivity contribution < 1.29 is 22.1 Å².